The summed E-state index contributed by atoms with van der Waals surface area (Å²) in [4.78, 5) is 40.5. The molecule has 0 saturated carbocycles. The summed E-state index contributed by atoms with van der Waals surface area (Å²) in [7, 11) is 0. The van der Waals surface area contributed by atoms with Crippen LogP contribution in [0.4, 0.5) is 4.79 Å². The van der Waals surface area contributed by atoms with Crippen molar-refractivity contribution in [2.45, 2.75) is 66.2 Å². The van der Waals surface area contributed by atoms with Crippen molar-refractivity contribution in [2.24, 2.45) is 5.41 Å². The second-order valence-electron chi connectivity index (χ2n) is 5.69. The highest BCUT2D eigenvalue weighted by Gasteiger charge is 2.54. The van der Waals surface area contributed by atoms with E-state index in [1.165, 1.54) is 9.80 Å². The van der Waals surface area contributed by atoms with Crippen molar-refractivity contribution in [1.82, 2.24) is 9.80 Å². The van der Waals surface area contributed by atoms with E-state index in [9.17, 15) is 14.4 Å². The zero-order valence-corrected chi connectivity index (χ0v) is 13.8. The van der Waals surface area contributed by atoms with E-state index in [-0.39, 0.29) is 11.8 Å². The molecule has 1 aliphatic heterocycles. The molecule has 1 aliphatic rings. The number of barbiturate groups is 1. The first-order valence-corrected chi connectivity index (χ1v) is 8.17. The average molecular weight is 296 g/mol. The van der Waals surface area contributed by atoms with Gasteiger partial charge >= 0.3 is 6.03 Å². The van der Waals surface area contributed by atoms with Crippen LogP contribution in [0.5, 0.6) is 0 Å². The molecule has 21 heavy (non-hydrogen) atoms. The molecule has 5 nitrogen and oxygen atoms in total. The minimum Gasteiger partial charge on any atom is -0.273 e. The molecule has 1 saturated heterocycles. The smallest absolute Gasteiger partial charge is 0.273 e. The van der Waals surface area contributed by atoms with Gasteiger partial charge in [0, 0.05) is 13.1 Å². The minimum atomic E-state index is -1.05. The van der Waals surface area contributed by atoms with Gasteiger partial charge in [-0.2, -0.15) is 0 Å². The first-order valence-electron chi connectivity index (χ1n) is 8.17. The Morgan fingerprint density at radius 1 is 0.762 bits per heavy atom. The molecule has 0 aromatic rings. The maximum Gasteiger partial charge on any atom is 0.333 e. The van der Waals surface area contributed by atoms with Gasteiger partial charge in [-0.25, -0.2) is 4.79 Å². The van der Waals surface area contributed by atoms with Gasteiger partial charge in [-0.1, -0.05) is 40.5 Å². The van der Waals surface area contributed by atoms with E-state index in [1.54, 1.807) is 0 Å². The number of amides is 4. The van der Waals surface area contributed by atoms with Crippen molar-refractivity contribution >= 4 is 17.8 Å². The monoisotopic (exact) mass is 296 g/mol. The van der Waals surface area contributed by atoms with Crippen molar-refractivity contribution in [3.8, 4) is 0 Å². The molecule has 0 bridgehead atoms. The lowest BCUT2D eigenvalue weighted by molar-refractivity contribution is -0.159. The number of imide groups is 2. The third-order valence-corrected chi connectivity index (χ3v) is 4.45. The second kappa shape index (κ2) is 7.57. The molecule has 0 aromatic heterocycles. The van der Waals surface area contributed by atoms with Crippen molar-refractivity contribution in [3.63, 3.8) is 0 Å². The Bertz CT molecular complexity index is 370. The van der Waals surface area contributed by atoms with Crippen LogP contribution in [0.2, 0.25) is 0 Å². The number of hydrogen-bond donors (Lipinski definition) is 0. The number of rotatable bonds is 8. The summed E-state index contributed by atoms with van der Waals surface area (Å²) in [5, 5.41) is 0. The number of hydrogen-bond acceptors (Lipinski definition) is 3. The fraction of sp³-hybridized carbons (Fsp3) is 0.812. The number of carbonyl (C=O) groups excluding carboxylic acids is 3. The van der Waals surface area contributed by atoms with Gasteiger partial charge in [0.2, 0.25) is 11.8 Å². The lowest BCUT2D eigenvalue weighted by Gasteiger charge is -2.43. The van der Waals surface area contributed by atoms with Gasteiger partial charge in [0.15, 0.2) is 0 Å². The van der Waals surface area contributed by atoms with E-state index in [2.05, 4.69) is 0 Å². The molecule has 0 unspecified atom stereocenters. The Kier molecular flexibility index (Phi) is 6.37. The molecule has 1 fully saturated rings. The summed E-state index contributed by atoms with van der Waals surface area (Å²) >= 11 is 0. The fourth-order valence-electron chi connectivity index (χ4n) is 2.81. The third-order valence-electron chi connectivity index (χ3n) is 4.45. The van der Waals surface area contributed by atoms with Gasteiger partial charge in [-0.3, -0.25) is 19.4 Å². The van der Waals surface area contributed by atoms with E-state index in [4.69, 9.17) is 0 Å². The lowest BCUT2D eigenvalue weighted by atomic mass is 9.78. The molecule has 5 heteroatoms. The van der Waals surface area contributed by atoms with Gasteiger partial charge in [-0.15, -0.1) is 0 Å². The average Bonchev–Trinajstić information content (AvgIpc) is 2.49. The fourth-order valence-corrected chi connectivity index (χ4v) is 2.81. The Morgan fingerprint density at radius 2 is 1.14 bits per heavy atom. The topological polar surface area (TPSA) is 57.7 Å². The van der Waals surface area contributed by atoms with Gasteiger partial charge < -0.3 is 0 Å². The Hall–Kier alpha value is -1.39. The van der Waals surface area contributed by atoms with Crippen molar-refractivity contribution < 1.29 is 14.4 Å². The van der Waals surface area contributed by atoms with E-state index >= 15 is 0 Å². The predicted octanol–water partition coefficient (Wildman–Crippen LogP) is 3.18. The highest BCUT2D eigenvalue weighted by Crippen LogP contribution is 2.36. The van der Waals surface area contributed by atoms with E-state index in [1.807, 2.05) is 27.7 Å². The lowest BCUT2D eigenvalue weighted by Crippen LogP contribution is -2.65. The zero-order valence-electron chi connectivity index (χ0n) is 13.8. The van der Waals surface area contributed by atoms with Crippen LogP contribution in [0.1, 0.15) is 66.2 Å². The zero-order chi connectivity index (χ0) is 16.0. The van der Waals surface area contributed by atoms with Crippen LogP contribution in [0.15, 0.2) is 0 Å². The van der Waals surface area contributed by atoms with Crippen LogP contribution in [-0.2, 0) is 9.59 Å². The maximum absolute atomic E-state index is 12.7. The highest BCUT2D eigenvalue weighted by molar-refractivity contribution is 6.19. The van der Waals surface area contributed by atoms with Crippen LogP contribution in [0.25, 0.3) is 0 Å². The number of nitrogens with zero attached hydrogens (tertiary/aromatic N) is 2. The van der Waals surface area contributed by atoms with Crippen LogP contribution in [0, 0.1) is 5.41 Å². The molecule has 0 spiro atoms. The normalized spacial score (nSPS) is 18.6. The third kappa shape index (κ3) is 3.11. The first kappa shape index (κ1) is 17.7. The predicted molar refractivity (Wildman–Crippen MR) is 81.7 cm³/mol. The van der Waals surface area contributed by atoms with Crippen LogP contribution < -0.4 is 0 Å². The van der Waals surface area contributed by atoms with Gasteiger partial charge in [0.1, 0.15) is 5.41 Å². The summed E-state index contributed by atoms with van der Waals surface area (Å²) in [5.41, 5.74) is -1.05. The summed E-state index contributed by atoms with van der Waals surface area (Å²) in [6.07, 6.45) is 4.25. The molecular formula is C16H28N2O3. The first-order chi connectivity index (χ1) is 9.99. The van der Waals surface area contributed by atoms with Gasteiger partial charge in [0.05, 0.1) is 0 Å². The minimum absolute atomic E-state index is 0.302. The molecule has 0 aromatic carbocycles. The molecule has 1 rings (SSSR count). The second-order valence-corrected chi connectivity index (χ2v) is 5.69. The van der Waals surface area contributed by atoms with Crippen molar-refractivity contribution in [1.29, 1.82) is 0 Å². The largest absolute Gasteiger partial charge is 0.333 e. The number of unbranched alkanes of at least 4 members (excludes halogenated alkanes) is 2. The van der Waals surface area contributed by atoms with Crippen molar-refractivity contribution in [3.05, 3.63) is 0 Å². The molecule has 0 aliphatic carbocycles. The molecule has 120 valence electrons. The number of carbonyl (C=O) groups is 3. The van der Waals surface area contributed by atoms with E-state index in [0.717, 1.165) is 25.7 Å². The van der Waals surface area contributed by atoms with Gasteiger partial charge in [-0.05, 0) is 25.7 Å². The summed E-state index contributed by atoms with van der Waals surface area (Å²) in [6.45, 7) is 8.56. The quantitative estimate of drug-likeness (QED) is 0.646. The standard InChI is InChI=1S/C16H28N2O3/c1-5-9-11-17-13(19)16(7-3,8-4)14(20)18(15(17)21)12-10-6-2/h5-12H2,1-4H3. The molecular weight excluding hydrogens is 268 g/mol. The molecule has 0 atom stereocenters. The Balaban J connectivity index is 3.14. The summed E-state index contributed by atoms with van der Waals surface area (Å²) in [6, 6.07) is -0.426. The van der Waals surface area contributed by atoms with Gasteiger partial charge in [0.25, 0.3) is 0 Å². The highest BCUT2D eigenvalue weighted by atomic mass is 16.2. The summed E-state index contributed by atoms with van der Waals surface area (Å²) < 4.78 is 0. The maximum atomic E-state index is 12.7. The van der Waals surface area contributed by atoms with Crippen LogP contribution in [0.3, 0.4) is 0 Å². The molecule has 1 heterocycles. The van der Waals surface area contributed by atoms with Crippen LogP contribution >= 0.6 is 0 Å². The summed E-state index contributed by atoms with van der Waals surface area (Å²) in [5.74, 6) is -0.604. The van der Waals surface area contributed by atoms with Crippen LogP contribution in [-0.4, -0.2) is 40.7 Å². The Morgan fingerprint density at radius 3 is 1.43 bits per heavy atom. The molecule has 4 amide bonds. The molecule has 0 N–H and O–H groups in total. The van der Waals surface area contributed by atoms with Crippen molar-refractivity contribution in [2.75, 3.05) is 13.1 Å². The van der Waals surface area contributed by atoms with E-state index in [0.29, 0.717) is 25.9 Å². The number of urea groups is 1. The van der Waals surface area contributed by atoms with E-state index < -0.39 is 11.4 Å². The Labute approximate surface area is 127 Å². The SMILES string of the molecule is CCCCN1C(=O)N(CCCC)C(=O)C(CC)(CC)C1=O. The molecule has 0 radical (unpaired) electrons.